The molecule has 1 aromatic heterocycles. The molecule has 3 heterocycles. The average molecular weight is 465 g/mol. The van der Waals surface area contributed by atoms with Gasteiger partial charge >= 0.3 is 0 Å². The number of nitrogens with one attached hydrogen (secondary N) is 2. The van der Waals surface area contributed by atoms with E-state index in [0.717, 1.165) is 43.6 Å². The van der Waals surface area contributed by atoms with Gasteiger partial charge in [0.25, 0.3) is 5.91 Å². The van der Waals surface area contributed by atoms with Crippen LogP contribution in [0.25, 0.3) is 11.6 Å². The van der Waals surface area contributed by atoms with Crippen LogP contribution in [0.1, 0.15) is 58.6 Å². The summed E-state index contributed by atoms with van der Waals surface area (Å²) in [6.07, 6.45) is 5.40. The summed E-state index contributed by atoms with van der Waals surface area (Å²) >= 11 is 0. The van der Waals surface area contributed by atoms with Crippen LogP contribution in [-0.2, 0) is 22.4 Å². The number of anilines is 1. The van der Waals surface area contributed by atoms with Crippen molar-refractivity contribution in [3.63, 3.8) is 0 Å². The Hall–Kier alpha value is -3.26. The lowest BCUT2D eigenvalue weighted by Gasteiger charge is -2.32. The van der Waals surface area contributed by atoms with E-state index in [-0.39, 0.29) is 17.6 Å². The number of ketones is 1. The Bertz CT molecular complexity index is 1190. The third kappa shape index (κ3) is 4.30. The van der Waals surface area contributed by atoms with E-state index in [1.165, 1.54) is 12.1 Å². The number of rotatable bonds is 4. The normalized spacial score (nSPS) is 19.7. The van der Waals surface area contributed by atoms with Gasteiger partial charge in [-0.15, -0.1) is 0 Å². The smallest absolute Gasteiger partial charge is 0.256 e. The molecule has 1 aliphatic carbocycles. The number of aromatic amines is 1. The van der Waals surface area contributed by atoms with Gasteiger partial charge in [0.05, 0.1) is 5.57 Å². The number of H-pyrrole nitrogens is 1. The summed E-state index contributed by atoms with van der Waals surface area (Å²) < 4.78 is 13.9. The van der Waals surface area contributed by atoms with Gasteiger partial charge in [0, 0.05) is 67.2 Å². The van der Waals surface area contributed by atoms with Gasteiger partial charge in [-0.05, 0) is 62.6 Å². The molecule has 2 amide bonds. The monoisotopic (exact) mass is 464 g/mol. The number of carbonyl (C=O) groups is 3. The first-order valence-corrected chi connectivity index (χ1v) is 12.0. The van der Waals surface area contributed by atoms with Gasteiger partial charge < -0.3 is 20.1 Å². The zero-order valence-corrected chi connectivity index (χ0v) is 19.4. The molecule has 2 N–H and O–H groups in total. The molecule has 0 spiro atoms. The third-order valence-electron chi connectivity index (χ3n) is 7.07. The van der Waals surface area contributed by atoms with Crippen molar-refractivity contribution in [2.45, 2.75) is 38.5 Å². The molecule has 8 heteroatoms. The molecule has 3 aliphatic rings. The van der Waals surface area contributed by atoms with Crippen LogP contribution in [0.15, 0.2) is 18.2 Å². The molecule has 0 saturated carbocycles. The number of benzene rings is 1. The fourth-order valence-corrected chi connectivity index (χ4v) is 5.13. The second-order valence-corrected chi connectivity index (χ2v) is 9.39. The Kier molecular flexibility index (Phi) is 6.08. The molecule has 0 bridgehead atoms. The van der Waals surface area contributed by atoms with Crippen molar-refractivity contribution in [1.29, 1.82) is 0 Å². The first-order chi connectivity index (χ1) is 16.4. The standard InChI is InChI=1S/C26H29FN4O3/c1-30-10-12-31(13-11-30)24(33)9-7-17-22(28-21-4-2-3-5-23(32)25(17)21)15-19-18-14-16(27)6-8-20(18)29-26(19)34/h6,8,14-15,28H,2-5,7,9-13H2,1H3,(H,29,34)/b19-15-. The largest absolute Gasteiger partial charge is 0.358 e. The van der Waals surface area contributed by atoms with Crippen LogP contribution in [0.2, 0.25) is 0 Å². The summed E-state index contributed by atoms with van der Waals surface area (Å²) in [6, 6.07) is 4.20. The number of nitrogens with zero attached hydrogens (tertiary/aromatic N) is 2. The highest BCUT2D eigenvalue weighted by atomic mass is 19.1. The van der Waals surface area contributed by atoms with Crippen molar-refractivity contribution in [3.8, 4) is 0 Å². The molecule has 5 rings (SSSR count). The van der Waals surface area contributed by atoms with Gasteiger partial charge in [0.15, 0.2) is 5.78 Å². The summed E-state index contributed by atoms with van der Waals surface area (Å²) in [5, 5.41) is 2.77. The number of hydrogen-bond donors (Lipinski definition) is 2. The topological polar surface area (TPSA) is 85.5 Å². The number of Topliss-reactive ketones (excluding diaryl/α,β-unsaturated/α-hetero) is 1. The minimum atomic E-state index is -0.420. The summed E-state index contributed by atoms with van der Waals surface area (Å²) in [5.41, 5.74) is 4.41. The van der Waals surface area contributed by atoms with Gasteiger partial charge in [-0.3, -0.25) is 14.4 Å². The van der Waals surface area contributed by atoms with E-state index in [2.05, 4.69) is 15.2 Å². The molecule has 0 unspecified atom stereocenters. The minimum absolute atomic E-state index is 0.0775. The van der Waals surface area contributed by atoms with E-state index in [9.17, 15) is 18.8 Å². The minimum Gasteiger partial charge on any atom is -0.358 e. The van der Waals surface area contributed by atoms with E-state index in [4.69, 9.17) is 0 Å². The van der Waals surface area contributed by atoms with E-state index >= 15 is 0 Å². The van der Waals surface area contributed by atoms with Crippen LogP contribution in [0.5, 0.6) is 0 Å². The fraction of sp³-hybridized carbons (Fsp3) is 0.423. The number of hydrogen-bond acceptors (Lipinski definition) is 4. The van der Waals surface area contributed by atoms with Crippen LogP contribution < -0.4 is 5.32 Å². The number of likely N-dealkylation sites (N-methyl/N-ethyl adjacent to an activating group) is 1. The van der Waals surface area contributed by atoms with Crippen LogP contribution in [0, 0.1) is 5.82 Å². The Morgan fingerprint density at radius 2 is 1.88 bits per heavy atom. The molecule has 1 fully saturated rings. The SMILES string of the molecule is CN1CCN(C(=O)CCc2c(/C=C3\C(=O)Nc4ccc(F)cc43)[nH]c3c2C(=O)CCCC3)CC1. The maximum atomic E-state index is 13.9. The van der Waals surface area contributed by atoms with Crippen LogP contribution in [0.4, 0.5) is 10.1 Å². The zero-order valence-electron chi connectivity index (χ0n) is 19.4. The predicted octanol–water partition coefficient (Wildman–Crippen LogP) is 3.26. The van der Waals surface area contributed by atoms with Gasteiger partial charge in [-0.2, -0.15) is 0 Å². The van der Waals surface area contributed by atoms with Crippen molar-refractivity contribution >= 4 is 34.9 Å². The van der Waals surface area contributed by atoms with Gasteiger partial charge in [-0.25, -0.2) is 4.39 Å². The van der Waals surface area contributed by atoms with Crippen molar-refractivity contribution in [3.05, 3.63) is 52.1 Å². The van der Waals surface area contributed by atoms with Gasteiger partial charge in [0.2, 0.25) is 5.91 Å². The lowest BCUT2D eigenvalue weighted by molar-refractivity contribution is -0.132. The number of carbonyl (C=O) groups excluding carboxylic acids is 3. The van der Waals surface area contributed by atoms with E-state index in [1.807, 2.05) is 11.9 Å². The van der Waals surface area contributed by atoms with Crippen LogP contribution in [-0.4, -0.2) is 65.6 Å². The van der Waals surface area contributed by atoms with Crippen molar-refractivity contribution in [2.24, 2.45) is 0 Å². The summed E-state index contributed by atoms with van der Waals surface area (Å²) in [6.45, 7) is 3.12. The molecular weight excluding hydrogens is 435 g/mol. The Morgan fingerprint density at radius 3 is 2.68 bits per heavy atom. The zero-order chi connectivity index (χ0) is 23.8. The molecule has 1 saturated heterocycles. The summed E-state index contributed by atoms with van der Waals surface area (Å²) in [4.78, 5) is 46.0. The summed E-state index contributed by atoms with van der Waals surface area (Å²) in [5.74, 6) is -0.570. The number of fused-ring (bicyclic) bond motifs is 2. The molecule has 7 nitrogen and oxygen atoms in total. The Morgan fingerprint density at radius 1 is 1.12 bits per heavy atom. The average Bonchev–Trinajstić information content (AvgIpc) is 3.25. The second-order valence-electron chi connectivity index (χ2n) is 9.39. The third-order valence-corrected chi connectivity index (χ3v) is 7.07. The van der Waals surface area contributed by atoms with Crippen LogP contribution in [0.3, 0.4) is 0 Å². The number of amides is 2. The number of aromatic nitrogens is 1. The summed E-state index contributed by atoms with van der Waals surface area (Å²) in [7, 11) is 2.05. The molecule has 0 atom stereocenters. The van der Waals surface area contributed by atoms with Gasteiger partial charge in [-0.1, -0.05) is 0 Å². The number of aryl methyl sites for hydroxylation is 1. The van der Waals surface area contributed by atoms with Crippen molar-refractivity contribution < 1.29 is 18.8 Å². The molecule has 1 aromatic carbocycles. The van der Waals surface area contributed by atoms with E-state index < -0.39 is 5.82 Å². The molecular formula is C26H29FN4O3. The molecule has 2 aliphatic heterocycles. The van der Waals surface area contributed by atoms with Crippen molar-refractivity contribution in [2.75, 3.05) is 38.5 Å². The highest BCUT2D eigenvalue weighted by Crippen LogP contribution is 2.36. The lowest BCUT2D eigenvalue weighted by Crippen LogP contribution is -2.47. The van der Waals surface area contributed by atoms with Crippen molar-refractivity contribution in [1.82, 2.24) is 14.8 Å². The molecule has 0 radical (unpaired) electrons. The molecule has 178 valence electrons. The first-order valence-electron chi connectivity index (χ1n) is 12.0. The van der Waals surface area contributed by atoms with E-state index in [0.29, 0.717) is 60.4 Å². The first kappa shape index (κ1) is 22.5. The quantitative estimate of drug-likeness (QED) is 0.537. The Balaban J connectivity index is 1.49. The fourth-order valence-electron chi connectivity index (χ4n) is 5.13. The predicted molar refractivity (Wildman–Crippen MR) is 128 cm³/mol. The number of halogens is 1. The maximum Gasteiger partial charge on any atom is 0.256 e. The molecule has 2 aromatic rings. The highest BCUT2D eigenvalue weighted by molar-refractivity contribution is 6.35. The van der Waals surface area contributed by atoms with E-state index in [1.54, 1.807) is 12.1 Å². The maximum absolute atomic E-state index is 13.9. The van der Waals surface area contributed by atoms with Crippen LogP contribution >= 0.6 is 0 Å². The molecule has 34 heavy (non-hydrogen) atoms. The lowest BCUT2D eigenvalue weighted by atomic mass is 9.97. The number of piperazine rings is 1. The Labute approximate surface area is 198 Å². The second kappa shape index (κ2) is 9.18. The highest BCUT2D eigenvalue weighted by Gasteiger charge is 2.29. The van der Waals surface area contributed by atoms with Gasteiger partial charge in [0.1, 0.15) is 5.82 Å².